The Morgan fingerprint density at radius 3 is 2.44 bits per heavy atom. The third-order valence-electron chi connectivity index (χ3n) is 6.93. The summed E-state index contributed by atoms with van der Waals surface area (Å²) in [7, 11) is 1.87. The van der Waals surface area contributed by atoms with Gasteiger partial charge < -0.3 is 14.4 Å². The number of nitrogens with zero attached hydrogens (tertiary/aromatic N) is 5. The first kappa shape index (κ1) is 33.8. The normalized spacial score (nSPS) is 17.1. The molecule has 43 heavy (non-hydrogen) atoms. The van der Waals surface area contributed by atoms with E-state index in [0.29, 0.717) is 34.6 Å². The van der Waals surface area contributed by atoms with E-state index in [1.54, 1.807) is 49.6 Å². The molecule has 1 aromatic heterocycles. The molecule has 0 amide bonds. The molecule has 3 aromatic rings. The van der Waals surface area contributed by atoms with Crippen molar-refractivity contribution in [2.75, 3.05) is 7.05 Å². The Labute approximate surface area is 273 Å². The number of nitriles is 2. The van der Waals surface area contributed by atoms with Gasteiger partial charge in [-0.2, -0.15) is 15.5 Å². The van der Waals surface area contributed by atoms with Crippen LogP contribution in [0.15, 0.2) is 87.4 Å². The van der Waals surface area contributed by atoms with Gasteiger partial charge in [0.15, 0.2) is 0 Å². The van der Waals surface area contributed by atoms with Crippen LogP contribution in [0.4, 0.5) is 0 Å². The molecule has 0 spiro atoms. The minimum Gasteiger partial charge on any atom is -0.457 e. The number of halogens is 3. The minimum atomic E-state index is -0.986. The van der Waals surface area contributed by atoms with E-state index in [0.717, 1.165) is 8.96 Å². The number of allylic oxidation sites excluding steroid dienone is 1. The van der Waals surface area contributed by atoms with E-state index in [1.165, 1.54) is 0 Å². The summed E-state index contributed by atoms with van der Waals surface area (Å²) in [5.41, 5.74) is 1.40. The van der Waals surface area contributed by atoms with Crippen LogP contribution in [0.3, 0.4) is 0 Å². The molecule has 1 aliphatic carbocycles. The molecule has 8 nitrogen and oxygen atoms in total. The van der Waals surface area contributed by atoms with Gasteiger partial charge in [0.1, 0.15) is 28.6 Å². The summed E-state index contributed by atoms with van der Waals surface area (Å²) in [6, 6.07) is 22.1. The predicted octanol–water partition coefficient (Wildman–Crippen LogP) is 8.56. The van der Waals surface area contributed by atoms with Gasteiger partial charge in [-0.15, -0.1) is 0 Å². The van der Waals surface area contributed by atoms with Crippen molar-refractivity contribution in [1.29, 1.82) is 10.5 Å². The van der Waals surface area contributed by atoms with Crippen LogP contribution >= 0.6 is 43.5 Å². The number of pyridine rings is 1. The molecule has 1 saturated carbocycles. The van der Waals surface area contributed by atoms with Crippen molar-refractivity contribution < 1.29 is 14.3 Å². The van der Waals surface area contributed by atoms with Gasteiger partial charge in [0.2, 0.25) is 12.3 Å². The zero-order valence-electron chi connectivity index (χ0n) is 24.0. The molecule has 0 radical (unpaired) electrons. The van der Waals surface area contributed by atoms with Gasteiger partial charge in [0.25, 0.3) is 0 Å². The quantitative estimate of drug-likeness (QED) is 0.0752. The van der Waals surface area contributed by atoms with Crippen LogP contribution in [0.2, 0.25) is 5.15 Å². The summed E-state index contributed by atoms with van der Waals surface area (Å²) in [6.07, 6.45) is 4.42. The number of rotatable bonds is 8. The summed E-state index contributed by atoms with van der Waals surface area (Å²) in [4.78, 5) is 22.1. The van der Waals surface area contributed by atoms with Gasteiger partial charge in [-0.25, -0.2) is 4.98 Å². The number of aromatic nitrogens is 1. The van der Waals surface area contributed by atoms with E-state index in [2.05, 4.69) is 47.9 Å². The largest absolute Gasteiger partial charge is 0.457 e. The molecule has 1 fully saturated rings. The lowest BCUT2D eigenvalue weighted by Gasteiger charge is -2.17. The van der Waals surface area contributed by atoms with E-state index < -0.39 is 6.10 Å². The fourth-order valence-corrected chi connectivity index (χ4v) is 5.03. The molecule has 1 aliphatic rings. The van der Waals surface area contributed by atoms with Crippen LogP contribution in [0, 0.1) is 40.0 Å². The zero-order chi connectivity index (χ0) is 31.6. The lowest BCUT2D eigenvalue weighted by Crippen LogP contribution is -2.23. The summed E-state index contributed by atoms with van der Waals surface area (Å²) in [6.45, 7) is 6.46. The molecule has 4 rings (SSSR count). The van der Waals surface area contributed by atoms with Gasteiger partial charge in [0, 0.05) is 25.4 Å². The third-order valence-corrected chi connectivity index (χ3v) is 7.69. The van der Waals surface area contributed by atoms with Crippen LogP contribution in [0.25, 0.3) is 0 Å². The molecule has 0 bridgehead atoms. The highest BCUT2D eigenvalue weighted by atomic mass is 79.9. The summed E-state index contributed by atoms with van der Waals surface area (Å²) >= 11 is 12.3. The number of esters is 1. The van der Waals surface area contributed by atoms with Gasteiger partial charge in [0.05, 0.1) is 9.31 Å². The monoisotopic (exact) mass is 725 g/mol. The van der Waals surface area contributed by atoms with E-state index >= 15 is 0 Å². The van der Waals surface area contributed by atoms with Crippen molar-refractivity contribution in [2.45, 2.75) is 33.4 Å². The number of ether oxygens (including phenoxy) is 2. The number of carbonyl (C=O) groups is 1. The van der Waals surface area contributed by atoms with Crippen LogP contribution in [-0.2, 0) is 16.1 Å². The lowest BCUT2D eigenvalue weighted by molar-refractivity contribution is -0.149. The first-order valence-electron chi connectivity index (χ1n) is 13.2. The van der Waals surface area contributed by atoms with Gasteiger partial charge in [-0.3, -0.25) is 4.79 Å². The van der Waals surface area contributed by atoms with E-state index in [1.807, 2.05) is 68.3 Å². The molecule has 1 heterocycles. The lowest BCUT2D eigenvalue weighted by atomic mass is 10.1. The highest BCUT2D eigenvalue weighted by molar-refractivity contribution is 9.28. The first-order chi connectivity index (χ1) is 20.5. The van der Waals surface area contributed by atoms with Crippen molar-refractivity contribution >= 4 is 55.3 Å². The number of hydrogen-bond donors (Lipinski definition) is 0. The summed E-state index contributed by atoms with van der Waals surface area (Å²) in [5, 5.41) is 18.4. The van der Waals surface area contributed by atoms with Crippen molar-refractivity contribution in [3.63, 3.8) is 0 Å². The fraction of sp³-hybridized carbons (Fsp3) is 0.281. The Balaban J connectivity index is 0.000000285. The minimum absolute atomic E-state index is 0.0563. The Morgan fingerprint density at radius 2 is 1.84 bits per heavy atom. The molecule has 11 heteroatoms. The number of amidine groups is 1. The molecule has 222 valence electrons. The molecule has 0 unspecified atom stereocenters. The third kappa shape index (κ3) is 9.93. The van der Waals surface area contributed by atoms with Crippen LogP contribution < -0.4 is 4.74 Å². The van der Waals surface area contributed by atoms with Crippen molar-refractivity contribution in [3.8, 4) is 23.8 Å². The Hall–Kier alpha value is -3.70. The van der Waals surface area contributed by atoms with Crippen molar-refractivity contribution in [3.05, 3.63) is 98.7 Å². The van der Waals surface area contributed by atoms with Crippen molar-refractivity contribution in [2.24, 2.45) is 22.2 Å². The SMILES string of the molecule is CC(=NC#N)N(C)Cc1ccc(Cl)nc1.CC1(C)[C@H](C(=O)O[C@H](C#N)c2cccc(Oc3ccccc3)c2)[C@@H]1C=C(Br)Br. The molecule has 0 aliphatic heterocycles. The number of aliphatic imine (C=N–C) groups is 1. The topological polar surface area (TPSA) is 112 Å². The van der Waals surface area contributed by atoms with E-state index in [-0.39, 0.29) is 23.2 Å². The Morgan fingerprint density at radius 1 is 1.14 bits per heavy atom. The number of benzene rings is 2. The second-order valence-electron chi connectivity index (χ2n) is 10.3. The molecule has 2 aromatic carbocycles. The first-order valence-corrected chi connectivity index (χ1v) is 15.1. The molecular weight excluding hydrogens is 698 g/mol. The zero-order valence-corrected chi connectivity index (χ0v) is 28.0. The Bertz CT molecular complexity index is 1550. The molecular formula is C32H30Br2ClN5O3. The van der Waals surface area contributed by atoms with Gasteiger partial charge in [-0.1, -0.05) is 67.9 Å². The summed E-state index contributed by atoms with van der Waals surface area (Å²) < 4.78 is 12.2. The number of hydrogen-bond acceptors (Lipinski definition) is 7. The highest BCUT2D eigenvalue weighted by Crippen LogP contribution is 2.60. The van der Waals surface area contributed by atoms with Gasteiger partial charge in [-0.05, 0) is 86.0 Å². The highest BCUT2D eigenvalue weighted by Gasteiger charge is 2.61. The standard InChI is InChI=1S/C22H19Br2NO3.C10H11ClN4/c1-22(2)17(12-19(23)24)20(22)21(26)28-18(13-25)14-7-6-10-16(11-14)27-15-8-4-3-5-9-15;1-8(14-7-12)15(2)6-9-3-4-10(11)13-5-9/h3-12,17-18,20H,1-2H3;3-5H,6H2,1-2H3/t17-,18+,20-;/m0./s1. The van der Waals surface area contributed by atoms with E-state index in [9.17, 15) is 10.1 Å². The maximum atomic E-state index is 12.7. The van der Waals surface area contributed by atoms with Crippen LogP contribution in [0.1, 0.15) is 38.0 Å². The van der Waals surface area contributed by atoms with Crippen LogP contribution in [-0.4, -0.2) is 28.7 Å². The number of carbonyl (C=O) groups excluding carboxylic acids is 1. The van der Waals surface area contributed by atoms with Crippen molar-refractivity contribution in [1.82, 2.24) is 9.88 Å². The average molecular weight is 728 g/mol. The Kier molecular flexibility index (Phi) is 12.3. The number of para-hydroxylation sites is 1. The average Bonchev–Trinajstić information content (AvgIpc) is 3.52. The van der Waals surface area contributed by atoms with E-state index in [4.69, 9.17) is 26.3 Å². The summed E-state index contributed by atoms with van der Waals surface area (Å²) in [5.74, 6) is 1.36. The maximum Gasteiger partial charge on any atom is 0.311 e. The molecule has 0 saturated heterocycles. The second kappa shape index (κ2) is 15.7. The molecule has 3 atom stereocenters. The maximum absolute atomic E-state index is 12.7. The molecule has 0 N–H and O–H groups in total. The second-order valence-corrected chi connectivity index (χ2v) is 13.5. The van der Waals surface area contributed by atoms with Crippen LogP contribution in [0.5, 0.6) is 11.5 Å². The predicted molar refractivity (Wildman–Crippen MR) is 174 cm³/mol. The van der Waals surface area contributed by atoms with Gasteiger partial charge >= 0.3 is 5.97 Å². The fourth-order valence-electron chi connectivity index (χ4n) is 4.34. The smallest absolute Gasteiger partial charge is 0.311 e.